The molecule has 0 saturated heterocycles. The minimum atomic E-state index is -0.253. The van der Waals surface area contributed by atoms with Crippen molar-refractivity contribution in [2.45, 2.75) is 12.5 Å². The van der Waals surface area contributed by atoms with Crippen molar-refractivity contribution in [2.24, 2.45) is 5.73 Å². The Balaban J connectivity index is 1.95. The molecule has 19 heavy (non-hydrogen) atoms. The molecule has 0 aliphatic heterocycles. The van der Waals surface area contributed by atoms with Gasteiger partial charge in [-0.25, -0.2) is 4.98 Å². The van der Waals surface area contributed by atoms with Gasteiger partial charge in [-0.1, -0.05) is 6.07 Å². The topological polar surface area (TPSA) is 77.2 Å². The predicted octanol–water partition coefficient (Wildman–Crippen LogP) is 2.17. The van der Waals surface area contributed by atoms with E-state index in [1.807, 2.05) is 22.9 Å². The fraction of sp³-hybridized carbons (Fsp3) is 0.333. The number of anilines is 1. The lowest BCUT2D eigenvalue weighted by Gasteiger charge is -2.11. The molecule has 1 amide bonds. The van der Waals surface area contributed by atoms with Gasteiger partial charge in [0.15, 0.2) is 5.13 Å². The molecule has 0 aliphatic rings. The molecule has 0 radical (unpaired) electrons. The van der Waals surface area contributed by atoms with E-state index in [0.29, 0.717) is 11.7 Å². The summed E-state index contributed by atoms with van der Waals surface area (Å²) in [4.78, 5) is 17.2. The van der Waals surface area contributed by atoms with E-state index >= 15 is 0 Å². The van der Waals surface area contributed by atoms with E-state index in [9.17, 15) is 4.79 Å². The predicted molar refractivity (Wildman–Crippen MR) is 78.5 cm³/mol. The Morgan fingerprint density at radius 3 is 3.05 bits per heavy atom. The number of nitrogens with zero attached hydrogens (tertiary/aromatic N) is 1. The van der Waals surface area contributed by atoms with Crippen molar-refractivity contribution >= 4 is 33.7 Å². The van der Waals surface area contributed by atoms with E-state index in [4.69, 9.17) is 10.5 Å². The third kappa shape index (κ3) is 3.84. The SMILES string of the molecule is COC(CN)CC(=O)Nc1nc(-c2cccs2)cs1. The van der Waals surface area contributed by atoms with Gasteiger partial charge in [-0.2, -0.15) is 0 Å². The zero-order chi connectivity index (χ0) is 13.7. The molecule has 0 fully saturated rings. The fourth-order valence-corrected chi connectivity index (χ4v) is 3.00. The molecule has 0 saturated carbocycles. The number of thiazole rings is 1. The van der Waals surface area contributed by atoms with Gasteiger partial charge >= 0.3 is 0 Å². The van der Waals surface area contributed by atoms with E-state index in [-0.39, 0.29) is 18.4 Å². The lowest BCUT2D eigenvalue weighted by molar-refractivity contribution is -0.118. The summed E-state index contributed by atoms with van der Waals surface area (Å²) in [6.07, 6.45) is -0.0160. The van der Waals surface area contributed by atoms with Crippen molar-refractivity contribution in [1.29, 1.82) is 0 Å². The molecule has 3 N–H and O–H groups in total. The Hall–Kier alpha value is -1.28. The molecule has 0 aromatic carbocycles. The first-order chi connectivity index (χ1) is 9.22. The Labute approximate surface area is 119 Å². The van der Waals surface area contributed by atoms with Crippen molar-refractivity contribution in [3.63, 3.8) is 0 Å². The summed E-state index contributed by atoms with van der Waals surface area (Å²) in [6, 6.07) is 3.97. The first-order valence-electron chi connectivity index (χ1n) is 5.75. The van der Waals surface area contributed by atoms with Crippen LogP contribution in [0.3, 0.4) is 0 Å². The first kappa shape index (κ1) is 14.1. The highest BCUT2D eigenvalue weighted by molar-refractivity contribution is 7.16. The Kier molecular flexibility index (Phi) is 5.03. The van der Waals surface area contributed by atoms with Crippen LogP contribution in [0.25, 0.3) is 10.6 Å². The number of amides is 1. The van der Waals surface area contributed by atoms with Crippen LogP contribution in [0.15, 0.2) is 22.9 Å². The molecule has 2 aromatic heterocycles. The number of nitrogens with two attached hydrogens (primary N) is 1. The lowest BCUT2D eigenvalue weighted by atomic mass is 10.2. The highest BCUT2D eigenvalue weighted by Gasteiger charge is 2.13. The Morgan fingerprint density at radius 2 is 2.42 bits per heavy atom. The van der Waals surface area contributed by atoms with Crippen LogP contribution in [0.5, 0.6) is 0 Å². The minimum absolute atomic E-state index is 0.135. The van der Waals surface area contributed by atoms with Gasteiger partial charge in [0.25, 0.3) is 0 Å². The maximum absolute atomic E-state index is 11.8. The minimum Gasteiger partial charge on any atom is -0.380 e. The van der Waals surface area contributed by atoms with Crippen LogP contribution >= 0.6 is 22.7 Å². The zero-order valence-corrected chi connectivity index (χ0v) is 12.1. The summed E-state index contributed by atoms with van der Waals surface area (Å²) in [5.41, 5.74) is 6.36. The number of hydrogen-bond donors (Lipinski definition) is 2. The number of thiophene rings is 1. The van der Waals surface area contributed by atoms with Crippen LogP contribution in [0, 0.1) is 0 Å². The number of ether oxygens (including phenoxy) is 1. The molecule has 7 heteroatoms. The number of carbonyl (C=O) groups excluding carboxylic acids is 1. The largest absolute Gasteiger partial charge is 0.380 e. The van der Waals surface area contributed by atoms with Gasteiger partial charge in [-0.15, -0.1) is 22.7 Å². The molecule has 2 rings (SSSR count). The number of rotatable bonds is 6. The molecule has 2 aromatic rings. The van der Waals surface area contributed by atoms with Crippen LogP contribution in [-0.2, 0) is 9.53 Å². The number of methoxy groups -OCH3 is 1. The molecule has 0 spiro atoms. The summed E-state index contributed by atoms with van der Waals surface area (Å²) in [5.74, 6) is -0.135. The normalized spacial score (nSPS) is 12.3. The molecule has 2 heterocycles. The maximum Gasteiger partial charge on any atom is 0.228 e. The third-order valence-electron chi connectivity index (χ3n) is 2.53. The van der Waals surface area contributed by atoms with Crippen molar-refractivity contribution in [3.8, 4) is 10.6 Å². The number of nitrogens with one attached hydrogen (secondary N) is 1. The van der Waals surface area contributed by atoms with Crippen LogP contribution < -0.4 is 11.1 Å². The van der Waals surface area contributed by atoms with Crippen LogP contribution in [-0.4, -0.2) is 30.6 Å². The summed E-state index contributed by atoms with van der Waals surface area (Å²) in [6.45, 7) is 0.322. The summed E-state index contributed by atoms with van der Waals surface area (Å²) in [5, 5.41) is 7.28. The highest BCUT2D eigenvalue weighted by atomic mass is 32.1. The Morgan fingerprint density at radius 1 is 1.58 bits per heavy atom. The maximum atomic E-state index is 11.8. The molecule has 1 unspecified atom stereocenters. The first-order valence-corrected chi connectivity index (χ1v) is 7.51. The molecule has 102 valence electrons. The third-order valence-corrected chi connectivity index (χ3v) is 4.18. The van der Waals surface area contributed by atoms with Crippen molar-refractivity contribution in [1.82, 2.24) is 4.98 Å². The van der Waals surface area contributed by atoms with Gasteiger partial charge in [0.1, 0.15) is 0 Å². The van der Waals surface area contributed by atoms with Crippen molar-refractivity contribution < 1.29 is 9.53 Å². The van der Waals surface area contributed by atoms with Gasteiger partial charge in [-0.05, 0) is 11.4 Å². The second-order valence-corrected chi connectivity index (χ2v) is 5.67. The Bertz CT molecular complexity index is 521. The molecular weight excluding hydrogens is 282 g/mol. The van der Waals surface area contributed by atoms with Crippen molar-refractivity contribution in [3.05, 3.63) is 22.9 Å². The second-order valence-electron chi connectivity index (χ2n) is 3.86. The lowest BCUT2D eigenvalue weighted by Crippen LogP contribution is -2.28. The van der Waals surface area contributed by atoms with Gasteiger partial charge in [0, 0.05) is 19.0 Å². The molecular formula is C12H15N3O2S2. The average Bonchev–Trinajstić information content (AvgIpc) is 3.06. The standard InChI is InChI=1S/C12H15N3O2S2/c1-17-8(6-13)5-11(16)15-12-14-9(7-19-12)10-3-2-4-18-10/h2-4,7-8H,5-6,13H2,1H3,(H,14,15,16). The van der Waals surface area contributed by atoms with E-state index in [0.717, 1.165) is 10.6 Å². The quantitative estimate of drug-likeness (QED) is 0.856. The van der Waals surface area contributed by atoms with Gasteiger partial charge < -0.3 is 15.8 Å². The van der Waals surface area contributed by atoms with E-state index in [2.05, 4.69) is 10.3 Å². The summed E-state index contributed by atoms with van der Waals surface area (Å²) in [7, 11) is 1.54. The highest BCUT2D eigenvalue weighted by Crippen LogP contribution is 2.28. The van der Waals surface area contributed by atoms with Crippen molar-refractivity contribution in [2.75, 3.05) is 19.0 Å². The number of carbonyl (C=O) groups is 1. The van der Waals surface area contributed by atoms with Gasteiger partial charge in [0.2, 0.25) is 5.91 Å². The molecule has 0 aliphatic carbocycles. The average molecular weight is 297 g/mol. The molecule has 1 atom stereocenters. The zero-order valence-electron chi connectivity index (χ0n) is 10.5. The van der Waals surface area contributed by atoms with Crippen LogP contribution in [0.2, 0.25) is 0 Å². The van der Waals surface area contributed by atoms with Crippen LogP contribution in [0.1, 0.15) is 6.42 Å². The number of aromatic nitrogens is 1. The van der Waals surface area contributed by atoms with E-state index in [1.165, 1.54) is 11.3 Å². The summed E-state index contributed by atoms with van der Waals surface area (Å²) >= 11 is 3.03. The smallest absolute Gasteiger partial charge is 0.228 e. The molecule has 5 nitrogen and oxygen atoms in total. The fourth-order valence-electron chi connectivity index (χ4n) is 1.51. The number of hydrogen-bond acceptors (Lipinski definition) is 6. The van der Waals surface area contributed by atoms with E-state index < -0.39 is 0 Å². The van der Waals surface area contributed by atoms with Gasteiger partial charge in [0.05, 0.1) is 23.1 Å². The second kappa shape index (κ2) is 6.76. The van der Waals surface area contributed by atoms with Gasteiger partial charge in [-0.3, -0.25) is 4.79 Å². The van der Waals surface area contributed by atoms with E-state index in [1.54, 1.807) is 18.4 Å². The van der Waals surface area contributed by atoms with Crippen LogP contribution in [0.4, 0.5) is 5.13 Å². The monoisotopic (exact) mass is 297 g/mol. The molecule has 0 bridgehead atoms. The summed E-state index contributed by atoms with van der Waals surface area (Å²) < 4.78 is 5.07.